The molecule has 1 amide bonds. The van der Waals surface area contributed by atoms with Gasteiger partial charge in [-0.1, -0.05) is 12.1 Å². The third kappa shape index (κ3) is 4.24. The number of halogens is 1. The first-order valence-corrected chi connectivity index (χ1v) is 6.36. The molecular weight excluding hydrogens is 289 g/mol. The minimum Gasteiger partial charge on any atom is -0.452 e. The average molecular weight is 301 g/mol. The lowest BCUT2D eigenvalue weighted by molar-refractivity contribution is -0.119. The van der Waals surface area contributed by atoms with E-state index in [4.69, 9.17) is 4.74 Å². The molecule has 0 spiro atoms. The van der Waals surface area contributed by atoms with Crippen LogP contribution < -0.4 is 5.32 Å². The maximum atomic E-state index is 12.7. The van der Waals surface area contributed by atoms with E-state index in [1.54, 1.807) is 0 Å². The molecule has 5 nitrogen and oxygen atoms in total. The van der Waals surface area contributed by atoms with Gasteiger partial charge in [-0.15, -0.1) is 0 Å². The van der Waals surface area contributed by atoms with Crippen LogP contribution in [0.2, 0.25) is 0 Å². The molecule has 0 aliphatic carbocycles. The molecule has 2 aromatic carbocycles. The lowest BCUT2D eigenvalue weighted by atomic mass is 10.1. The summed E-state index contributed by atoms with van der Waals surface area (Å²) in [5.41, 5.74) is 1.07. The number of nitrogens with one attached hydrogen (secondary N) is 1. The Labute approximate surface area is 125 Å². The van der Waals surface area contributed by atoms with Crippen molar-refractivity contribution in [3.05, 3.63) is 65.5 Å². The zero-order chi connectivity index (χ0) is 15.9. The number of rotatable bonds is 5. The Balaban J connectivity index is 1.85. The summed E-state index contributed by atoms with van der Waals surface area (Å²) in [4.78, 5) is 33.8. The summed E-state index contributed by atoms with van der Waals surface area (Å²) in [5.74, 6) is -1.63. The highest BCUT2D eigenvalue weighted by Gasteiger charge is 2.10. The van der Waals surface area contributed by atoms with Crippen LogP contribution in [0.25, 0.3) is 0 Å². The van der Waals surface area contributed by atoms with Crippen LogP contribution in [0, 0.1) is 5.82 Å². The van der Waals surface area contributed by atoms with Crippen LogP contribution in [0.3, 0.4) is 0 Å². The molecule has 0 saturated carbocycles. The number of hydrogen-bond acceptors (Lipinski definition) is 4. The summed E-state index contributed by atoms with van der Waals surface area (Å²) < 4.78 is 17.6. The van der Waals surface area contributed by atoms with Crippen molar-refractivity contribution in [2.75, 3.05) is 11.9 Å². The van der Waals surface area contributed by atoms with Crippen LogP contribution in [-0.2, 0) is 9.53 Å². The van der Waals surface area contributed by atoms with Crippen molar-refractivity contribution in [2.24, 2.45) is 0 Å². The van der Waals surface area contributed by atoms with Crippen molar-refractivity contribution in [1.82, 2.24) is 0 Å². The highest BCUT2D eigenvalue weighted by molar-refractivity contribution is 5.95. The van der Waals surface area contributed by atoms with E-state index in [2.05, 4.69) is 5.32 Å². The first kappa shape index (κ1) is 15.4. The number of carbonyl (C=O) groups excluding carboxylic acids is 3. The van der Waals surface area contributed by atoms with Crippen LogP contribution in [0.15, 0.2) is 48.5 Å². The Morgan fingerprint density at radius 3 is 2.27 bits per heavy atom. The van der Waals surface area contributed by atoms with Gasteiger partial charge in [0.1, 0.15) is 12.1 Å². The van der Waals surface area contributed by atoms with Crippen LogP contribution in [-0.4, -0.2) is 24.8 Å². The monoisotopic (exact) mass is 301 g/mol. The molecule has 0 radical (unpaired) electrons. The molecule has 0 aromatic heterocycles. The first-order chi connectivity index (χ1) is 10.6. The van der Waals surface area contributed by atoms with Crippen molar-refractivity contribution in [3.63, 3.8) is 0 Å². The zero-order valence-electron chi connectivity index (χ0n) is 11.4. The lowest BCUT2D eigenvalue weighted by Crippen LogP contribution is -2.20. The van der Waals surface area contributed by atoms with Crippen LogP contribution in [0.1, 0.15) is 20.7 Å². The van der Waals surface area contributed by atoms with Gasteiger partial charge in [0, 0.05) is 11.3 Å². The van der Waals surface area contributed by atoms with Crippen molar-refractivity contribution in [1.29, 1.82) is 0 Å². The van der Waals surface area contributed by atoms with E-state index in [1.807, 2.05) is 0 Å². The van der Waals surface area contributed by atoms with Gasteiger partial charge in [-0.3, -0.25) is 9.59 Å². The molecule has 6 heteroatoms. The molecule has 0 fully saturated rings. The fourth-order valence-corrected chi connectivity index (χ4v) is 1.64. The van der Waals surface area contributed by atoms with Crippen molar-refractivity contribution < 1.29 is 23.5 Å². The number of amides is 1. The number of anilines is 1. The topological polar surface area (TPSA) is 72.5 Å². The maximum absolute atomic E-state index is 12.7. The van der Waals surface area contributed by atoms with E-state index in [-0.39, 0.29) is 5.56 Å². The number of ether oxygens (including phenoxy) is 1. The summed E-state index contributed by atoms with van der Waals surface area (Å²) in [6, 6.07) is 11.0. The van der Waals surface area contributed by atoms with E-state index < -0.39 is 24.3 Å². The van der Waals surface area contributed by atoms with Crippen LogP contribution in [0.5, 0.6) is 0 Å². The molecule has 0 aliphatic rings. The van der Waals surface area contributed by atoms with E-state index in [0.717, 1.165) is 0 Å². The Hall–Kier alpha value is -3.02. The molecule has 0 unspecified atom stereocenters. The summed E-state index contributed by atoms with van der Waals surface area (Å²) in [7, 11) is 0. The highest BCUT2D eigenvalue weighted by Crippen LogP contribution is 2.08. The summed E-state index contributed by atoms with van der Waals surface area (Å²) in [6.07, 6.45) is 0.658. The molecule has 2 rings (SSSR count). The molecule has 0 atom stereocenters. The predicted molar refractivity (Wildman–Crippen MR) is 77.1 cm³/mol. The Morgan fingerprint density at radius 1 is 1.05 bits per heavy atom. The van der Waals surface area contributed by atoms with Crippen molar-refractivity contribution in [3.8, 4) is 0 Å². The molecule has 0 heterocycles. The van der Waals surface area contributed by atoms with Gasteiger partial charge in [-0.05, 0) is 36.4 Å². The first-order valence-electron chi connectivity index (χ1n) is 6.36. The quantitative estimate of drug-likeness (QED) is 0.680. The van der Waals surface area contributed by atoms with Gasteiger partial charge < -0.3 is 10.1 Å². The zero-order valence-corrected chi connectivity index (χ0v) is 11.4. The molecule has 0 saturated heterocycles. The molecule has 0 bridgehead atoms. The van der Waals surface area contributed by atoms with Gasteiger partial charge in [0.05, 0.1) is 5.56 Å². The standard InChI is InChI=1S/C16H12FNO4/c17-13-5-7-14(8-6-13)18-15(20)10-22-16(21)12-3-1-11(9-19)2-4-12/h1-9H,10H2,(H,18,20). The Morgan fingerprint density at radius 2 is 1.68 bits per heavy atom. The second-order valence-electron chi connectivity index (χ2n) is 4.37. The molecule has 1 N–H and O–H groups in total. The largest absolute Gasteiger partial charge is 0.452 e. The van der Waals surface area contributed by atoms with Gasteiger partial charge in [0.25, 0.3) is 5.91 Å². The third-order valence-corrected chi connectivity index (χ3v) is 2.74. The second-order valence-corrected chi connectivity index (χ2v) is 4.37. The molecular formula is C16H12FNO4. The van der Waals surface area contributed by atoms with E-state index in [1.165, 1.54) is 48.5 Å². The van der Waals surface area contributed by atoms with Crippen LogP contribution in [0.4, 0.5) is 10.1 Å². The number of hydrogen-bond donors (Lipinski definition) is 1. The predicted octanol–water partition coefficient (Wildman–Crippen LogP) is 2.43. The van der Waals surface area contributed by atoms with Crippen molar-refractivity contribution >= 4 is 23.9 Å². The van der Waals surface area contributed by atoms with E-state index >= 15 is 0 Å². The normalized spacial score (nSPS) is 9.86. The summed E-state index contributed by atoms with van der Waals surface area (Å²) >= 11 is 0. The Kier molecular flexibility index (Phi) is 4.98. The fraction of sp³-hybridized carbons (Fsp3) is 0.0625. The summed E-state index contributed by atoms with van der Waals surface area (Å²) in [5, 5.41) is 2.47. The molecule has 112 valence electrons. The van der Waals surface area contributed by atoms with Gasteiger partial charge in [-0.2, -0.15) is 0 Å². The van der Waals surface area contributed by atoms with E-state index in [0.29, 0.717) is 17.5 Å². The maximum Gasteiger partial charge on any atom is 0.338 e. The van der Waals surface area contributed by atoms with Crippen LogP contribution >= 0.6 is 0 Å². The number of benzene rings is 2. The average Bonchev–Trinajstić information content (AvgIpc) is 2.55. The minimum atomic E-state index is -0.674. The molecule has 0 aliphatic heterocycles. The van der Waals surface area contributed by atoms with Gasteiger partial charge in [0.2, 0.25) is 0 Å². The molecule has 22 heavy (non-hydrogen) atoms. The molecule has 2 aromatic rings. The van der Waals surface area contributed by atoms with Crippen molar-refractivity contribution in [2.45, 2.75) is 0 Å². The van der Waals surface area contributed by atoms with Gasteiger partial charge >= 0.3 is 5.97 Å². The SMILES string of the molecule is O=Cc1ccc(C(=O)OCC(=O)Nc2ccc(F)cc2)cc1. The third-order valence-electron chi connectivity index (χ3n) is 2.74. The van der Waals surface area contributed by atoms with E-state index in [9.17, 15) is 18.8 Å². The minimum absolute atomic E-state index is 0.236. The Bertz CT molecular complexity index is 680. The highest BCUT2D eigenvalue weighted by atomic mass is 19.1. The lowest BCUT2D eigenvalue weighted by Gasteiger charge is -2.06. The number of carbonyl (C=O) groups is 3. The van der Waals surface area contributed by atoms with Gasteiger partial charge in [0.15, 0.2) is 6.61 Å². The smallest absolute Gasteiger partial charge is 0.338 e. The van der Waals surface area contributed by atoms with Gasteiger partial charge in [-0.25, -0.2) is 9.18 Å². The number of esters is 1. The number of aldehydes is 1. The summed E-state index contributed by atoms with van der Waals surface area (Å²) in [6.45, 7) is -0.467. The fourth-order valence-electron chi connectivity index (χ4n) is 1.64. The second kappa shape index (κ2) is 7.12.